The van der Waals surface area contributed by atoms with Crippen LogP contribution in [0.1, 0.15) is 24.1 Å². The van der Waals surface area contributed by atoms with Gasteiger partial charge in [-0.05, 0) is 41.8 Å². The number of carbonyl (C=O) groups excluding carboxylic acids is 1. The molecule has 22 heavy (non-hydrogen) atoms. The van der Waals surface area contributed by atoms with Crippen molar-refractivity contribution in [1.29, 1.82) is 0 Å². The first-order chi connectivity index (χ1) is 10.7. The molecule has 1 saturated heterocycles. The van der Waals surface area contributed by atoms with Crippen LogP contribution in [0, 0.1) is 0 Å². The van der Waals surface area contributed by atoms with E-state index in [1.165, 1.54) is 5.56 Å². The SMILES string of the molecule is CCc1ccc([C@@H]2[C@H](N)C(=O)N2c2ccc(OC)cc2)cc1. The van der Waals surface area contributed by atoms with Crippen molar-refractivity contribution in [1.82, 2.24) is 0 Å². The number of benzene rings is 2. The molecule has 0 aromatic heterocycles. The Bertz CT molecular complexity index is 664. The number of β-lactam (4-membered cyclic amide) rings is 1. The van der Waals surface area contributed by atoms with Gasteiger partial charge < -0.3 is 15.4 Å². The average Bonchev–Trinajstić information content (AvgIpc) is 2.59. The smallest absolute Gasteiger partial charge is 0.247 e. The molecule has 2 atom stereocenters. The molecule has 1 aliphatic heterocycles. The van der Waals surface area contributed by atoms with Crippen LogP contribution in [-0.4, -0.2) is 19.1 Å². The van der Waals surface area contributed by atoms with Crippen molar-refractivity contribution in [2.24, 2.45) is 5.73 Å². The maximum absolute atomic E-state index is 12.2. The minimum Gasteiger partial charge on any atom is -0.497 e. The second kappa shape index (κ2) is 5.81. The number of aryl methyl sites for hydroxylation is 1. The molecule has 4 nitrogen and oxygen atoms in total. The molecule has 0 bridgehead atoms. The van der Waals surface area contributed by atoms with E-state index in [9.17, 15) is 4.79 Å². The zero-order chi connectivity index (χ0) is 15.7. The van der Waals surface area contributed by atoms with Gasteiger partial charge in [0.25, 0.3) is 0 Å². The molecule has 0 saturated carbocycles. The molecular weight excluding hydrogens is 276 g/mol. The van der Waals surface area contributed by atoms with Crippen LogP contribution < -0.4 is 15.4 Å². The summed E-state index contributed by atoms with van der Waals surface area (Å²) in [6.07, 6.45) is 0.998. The van der Waals surface area contributed by atoms with Gasteiger partial charge in [0.15, 0.2) is 0 Å². The minimum absolute atomic E-state index is 0.0465. The molecule has 1 fully saturated rings. The van der Waals surface area contributed by atoms with Crippen LogP contribution >= 0.6 is 0 Å². The third-order valence-corrected chi connectivity index (χ3v) is 4.22. The summed E-state index contributed by atoms with van der Waals surface area (Å²) in [5.74, 6) is 0.722. The highest BCUT2D eigenvalue weighted by molar-refractivity contribution is 6.05. The van der Waals surface area contributed by atoms with E-state index in [-0.39, 0.29) is 11.9 Å². The van der Waals surface area contributed by atoms with E-state index < -0.39 is 6.04 Å². The van der Waals surface area contributed by atoms with E-state index in [1.807, 2.05) is 24.3 Å². The number of anilines is 1. The lowest BCUT2D eigenvalue weighted by Gasteiger charge is -2.45. The fraction of sp³-hybridized carbons (Fsp3) is 0.278. The van der Waals surface area contributed by atoms with Gasteiger partial charge in [0.05, 0.1) is 13.2 Å². The Balaban J connectivity index is 1.89. The van der Waals surface area contributed by atoms with E-state index in [0.717, 1.165) is 23.4 Å². The molecule has 2 N–H and O–H groups in total. The normalized spacial score (nSPS) is 20.7. The molecule has 0 aliphatic carbocycles. The van der Waals surface area contributed by atoms with Crippen LogP contribution in [0.15, 0.2) is 48.5 Å². The molecule has 0 spiro atoms. The molecule has 2 aromatic rings. The van der Waals surface area contributed by atoms with Gasteiger partial charge in [0.2, 0.25) is 5.91 Å². The molecule has 0 radical (unpaired) electrons. The number of nitrogens with two attached hydrogens (primary N) is 1. The molecule has 4 heteroatoms. The van der Waals surface area contributed by atoms with Crippen LogP contribution in [-0.2, 0) is 11.2 Å². The van der Waals surface area contributed by atoms with E-state index in [4.69, 9.17) is 10.5 Å². The van der Waals surface area contributed by atoms with Gasteiger partial charge in [-0.25, -0.2) is 0 Å². The second-order valence-corrected chi connectivity index (χ2v) is 5.47. The fourth-order valence-electron chi connectivity index (χ4n) is 2.85. The predicted octanol–water partition coefficient (Wildman–Crippen LogP) is 2.67. The summed E-state index contributed by atoms with van der Waals surface area (Å²) in [6, 6.07) is 15.2. The average molecular weight is 296 g/mol. The summed E-state index contributed by atoms with van der Waals surface area (Å²) in [4.78, 5) is 13.9. The molecule has 114 valence electrons. The summed E-state index contributed by atoms with van der Waals surface area (Å²) in [7, 11) is 1.62. The topological polar surface area (TPSA) is 55.6 Å². The molecule has 1 heterocycles. The van der Waals surface area contributed by atoms with Crippen molar-refractivity contribution in [3.8, 4) is 5.75 Å². The maximum atomic E-state index is 12.2. The van der Waals surface area contributed by atoms with Crippen LogP contribution in [0.25, 0.3) is 0 Å². The molecule has 0 unspecified atom stereocenters. The summed E-state index contributed by atoms with van der Waals surface area (Å²) in [5.41, 5.74) is 9.23. The van der Waals surface area contributed by atoms with E-state index >= 15 is 0 Å². The number of hydrogen-bond donors (Lipinski definition) is 1. The maximum Gasteiger partial charge on any atom is 0.247 e. The Hall–Kier alpha value is -2.33. The van der Waals surface area contributed by atoms with Crippen LogP contribution in [0.4, 0.5) is 5.69 Å². The third kappa shape index (κ3) is 2.35. The number of rotatable bonds is 4. The number of methoxy groups -OCH3 is 1. The summed E-state index contributed by atoms with van der Waals surface area (Å²) >= 11 is 0. The summed E-state index contributed by atoms with van der Waals surface area (Å²) in [6.45, 7) is 2.12. The number of hydrogen-bond acceptors (Lipinski definition) is 3. The van der Waals surface area contributed by atoms with Crippen molar-refractivity contribution in [2.45, 2.75) is 25.4 Å². The first-order valence-electron chi connectivity index (χ1n) is 7.47. The Kier molecular flexibility index (Phi) is 3.86. The van der Waals surface area contributed by atoms with Gasteiger partial charge in [-0.1, -0.05) is 31.2 Å². The van der Waals surface area contributed by atoms with Gasteiger partial charge in [-0.2, -0.15) is 0 Å². The summed E-state index contributed by atoms with van der Waals surface area (Å²) < 4.78 is 5.16. The van der Waals surface area contributed by atoms with Gasteiger partial charge in [0, 0.05) is 5.69 Å². The Labute approximate surface area is 130 Å². The largest absolute Gasteiger partial charge is 0.497 e. The van der Waals surface area contributed by atoms with E-state index in [0.29, 0.717) is 0 Å². The highest BCUT2D eigenvalue weighted by Crippen LogP contribution is 2.38. The van der Waals surface area contributed by atoms with Crippen molar-refractivity contribution < 1.29 is 9.53 Å². The Morgan fingerprint density at radius 3 is 2.27 bits per heavy atom. The summed E-state index contributed by atoms with van der Waals surface area (Å²) in [5, 5.41) is 0. The highest BCUT2D eigenvalue weighted by atomic mass is 16.5. The minimum atomic E-state index is -0.477. The first kappa shape index (κ1) is 14.6. The van der Waals surface area contributed by atoms with Gasteiger partial charge in [-0.15, -0.1) is 0 Å². The van der Waals surface area contributed by atoms with Crippen LogP contribution in [0.2, 0.25) is 0 Å². The van der Waals surface area contributed by atoms with E-state index in [1.54, 1.807) is 12.0 Å². The zero-order valence-electron chi connectivity index (χ0n) is 12.8. The number of amides is 1. The van der Waals surface area contributed by atoms with Crippen molar-refractivity contribution in [3.05, 3.63) is 59.7 Å². The van der Waals surface area contributed by atoms with Crippen molar-refractivity contribution in [2.75, 3.05) is 12.0 Å². The lowest BCUT2D eigenvalue weighted by atomic mass is 9.88. The van der Waals surface area contributed by atoms with Gasteiger partial charge in [-0.3, -0.25) is 4.79 Å². The monoisotopic (exact) mass is 296 g/mol. The highest BCUT2D eigenvalue weighted by Gasteiger charge is 2.46. The molecule has 1 aliphatic rings. The lowest BCUT2D eigenvalue weighted by molar-refractivity contribution is -0.126. The molecule has 1 amide bonds. The van der Waals surface area contributed by atoms with Crippen molar-refractivity contribution in [3.63, 3.8) is 0 Å². The number of ether oxygens (including phenoxy) is 1. The van der Waals surface area contributed by atoms with Crippen LogP contribution in [0.3, 0.4) is 0 Å². The Morgan fingerprint density at radius 1 is 1.09 bits per heavy atom. The van der Waals surface area contributed by atoms with Gasteiger partial charge >= 0.3 is 0 Å². The lowest BCUT2D eigenvalue weighted by Crippen LogP contribution is -2.63. The number of carbonyl (C=O) groups is 1. The second-order valence-electron chi connectivity index (χ2n) is 5.47. The van der Waals surface area contributed by atoms with Crippen molar-refractivity contribution >= 4 is 11.6 Å². The molecule has 2 aromatic carbocycles. The molecular formula is C18H20N2O2. The fourth-order valence-corrected chi connectivity index (χ4v) is 2.85. The van der Waals surface area contributed by atoms with E-state index in [2.05, 4.69) is 31.2 Å². The standard InChI is InChI=1S/C18H20N2O2/c1-3-12-4-6-13(7-5-12)17-16(19)18(21)20(17)14-8-10-15(22-2)11-9-14/h4-11,16-17H,3,19H2,1-2H3/t16-,17+/m0/s1. The van der Waals surface area contributed by atoms with Gasteiger partial charge in [0.1, 0.15) is 11.8 Å². The predicted molar refractivity (Wildman–Crippen MR) is 87.0 cm³/mol. The number of nitrogens with zero attached hydrogens (tertiary/aromatic N) is 1. The third-order valence-electron chi connectivity index (χ3n) is 4.22. The first-order valence-corrected chi connectivity index (χ1v) is 7.47. The molecule has 3 rings (SSSR count). The zero-order valence-corrected chi connectivity index (χ0v) is 12.8. The Morgan fingerprint density at radius 2 is 1.73 bits per heavy atom. The van der Waals surface area contributed by atoms with Crippen LogP contribution in [0.5, 0.6) is 5.75 Å². The quantitative estimate of drug-likeness (QED) is 0.883.